The molecule has 1 heterocycles. The predicted octanol–water partition coefficient (Wildman–Crippen LogP) is 4.61. The Balaban J connectivity index is 1.24. The third-order valence-electron chi connectivity index (χ3n) is 9.21. The van der Waals surface area contributed by atoms with Gasteiger partial charge in [0.05, 0.1) is 18.3 Å². The van der Waals surface area contributed by atoms with Crippen molar-refractivity contribution < 1.29 is 28.6 Å². The normalized spacial score (nSPS) is 36.2. The number of hydrogen-bond donors (Lipinski definition) is 1. The minimum Gasteiger partial charge on any atom is -0.493 e. The van der Waals surface area contributed by atoms with Crippen molar-refractivity contribution in [2.24, 2.45) is 23.2 Å². The van der Waals surface area contributed by atoms with Crippen molar-refractivity contribution in [2.75, 3.05) is 20.3 Å². The number of ether oxygens (including phenoxy) is 2. The van der Waals surface area contributed by atoms with E-state index in [0.29, 0.717) is 18.8 Å². The molecule has 1 N–H and O–H groups in total. The zero-order valence-corrected chi connectivity index (χ0v) is 19.8. The van der Waals surface area contributed by atoms with Gasteiger partial charge in [-0.2, -0.15) is 0 Å². The predicted molar refractivity (Wildman–Crippen MR) is 122 cm³/mol. The molecule has 0 aromatic heterocycles. The van der Waals surface area contributed by atoms with Gasteiger partial charge in [0.1, 0.15) is 11.6 Å². The highest BCUT2D eigenvalue weighted by Gasteiger charge is 2.51. The van der Waals surface area contributed by atoms with Crippen LogP contribution in [-0.4, -0.2) is 54.3 Å². The van der Waals surface area contributed by atoms with Crippen LogP contribution in [0, 0.1) is 29.0 Å². The highest BCUT2D eigenvalue weighted by molar-refractivity contribution is 5.97. The molecule has 34 heavy (non-hydrogen) atoms. The Morgan fingerprint density at radius 3 is 2.29 bits per heavy atom. The summed E-state index contributed by atoms with van der Waals surface area (Å²) in [5.41, 5.74) is 1.05. The van der Waals surface area contributed by atoms with Gasteiger partial charge in [0.15, 0.2) is 6.04 Å². The van der Waals surface area contributed by atoms with Crippen LogP contribution >= 0.6 is 0 Å². The molecule has 5 aliphatic carbocycles. The van der Waals surface area contributed by atoms with E-state index in [0.717, 1.165) is 36.2 Å². The van der Waals surface area contributed by atoms with Gasteiger partial charge in [0, 0.05) is 25.1 Å². The molecule has 1 aromatic carbocycles. The Kier molecular flexibility index (Phi) is 5.39. The number of aliphatic carboxylic acids is 1. The average Bonchev–Trinajstić information content (AvgIpc) is 3.53. The largest absolute Gasteiger partial charge is 0.493 e. The maximum Gasteiger partial charge on any atom is 0.329 e. The van der Waals surface area contributed by atoms with Gasteiger partial charge < -0.3 is 19.5 Å². The number of nitrogens with zero attached hydrogens (tertiary/aromatic N) is 1. The number of carboxylic acids is 1. The number of amides is 1. The van der Waals surface area contributed by atoms with E-state index >= 15 is 4.39 Å². The molecule has 6 nitrogen and oxygen atoms in total. The fourth-order valence-electron chi connectivity index (χ4n) is 7.96. The number of benzene rings is 1. The molecular weight excluding hydrogens is 437 g/mol. The summed E-state index contributed by atoms with van der Waals surface area (Å²) in [4.78, 5) is 26.3. The van der Waals surface area contributed by atoms with E-state index in [-0.39, 0.29) is 23.4 Å². The molecule has 2 atom stereocenters. The van der Waals surface area contributed by atoms with Crippen molar-refractivity contribution in [3.8, 4) is 5.75 Å². The van der Waals surface area contributed by atoms with Crippen LogP contribution in [0.5, 0.6) is 5.75 Å². The van der Waals surface area contributed by atoms with Gasteiger partial charge in [-0.05, 0) is 93.1 Å². The molecule has 1 amide bonds. The molecule has 6 aliphatic rings. The first-order valence-corrected chi connectivity index (χ1v) is 12.9. The lowest BCUT2D eigenvalue weighted by Crippen LogP contribution is -2.48. The molecule has 1 aromatic rings. The lowest BCUT2D eigenvalue weighted by molar-refractivity contribution is -0.144. The molecule has 7 heteroatoms. The van der Waals surface area contributed by atoms with Gasteiger partial charge >= 0.3 is 5.97 Å². The van der Waals surface area contributed by atoms with Gasteiger partial charge in [-0.25, -0.2) is 9.18 Å². The first-order chi connectivity index (χ1) is 16.4. The number of carbonyl (C=O) groups excluding carboxylic acids is 1. The minimum atomic E-state index is -1.13. The van der Waals surface area contributed by atoms with E-state index in [9.17, 15) is 14.7 Å². The molecule has 1 saturated heterocycles. The summed E-state index contributed by atoms with van der Waals surface area (Å²) in [5.74, 6) is 0.974. The summed E-state index contributed by atoms with van der Waals surface area (Å²) in [6.45, 7) is 0.864. The number of halogens is 1. The van der Waals surface area contributed by atoms with E-state index in [1.807, 2.05) is 0 Å². The number of likely N-dealkylation sites (tertiary alicyclic amines) is 1. The Morgan fingerprint density at radius 2 is 1.74 bits per heavy atom. The Labute approximate surface area is 199 Å². The van der Waals surface area contributed by atoms with Crippen LogP contribution in [0.3, 0.4) is 0 Å². The van der Waals surface area contributed by atoms with Crippen LogP contribution in [0.15, 0.2) is 12.1 Å². The van der Waals surface area contributed by atoms with E-state index in [2.05, 4.69) is 0 Å². The van der Waals surface area contributed by atoms with Crippen molar-refractivity contribution in [3.05, 3.63) is 29.1 Å². The summed E-state index contributed by atoms with van der Waals surface area (Å²) >= 11 is 0. The second-order valence-electron chi connectivity index (χ2n) is 11.7. The molecule has 184 valence electrons. The third-order valence-corrected chi connectivity index (χ3v) is 9.21. The Bertz CT molecular complexity index is 970. The number of carbonyl (C=O) groups is 2. The van der Waals surface area contributed by atoms with Crippen LogP contribution in [-0.2, 0) is 9.53 Å². The zero-order valence-electron chi connectivity index (χ0n) is 19.8. The summed E-state index contributed by atoms with van der Waals surface area (Å²) in [6.07, 6.45) is 9.62. The summed E-state index contributed by atoms with van der Waals surface area (Å²) in [6, 6.07) is 1.90. The maximum absolute atomic E-state index is 15.3. The van der Waals surface area contributed by atoms with Crippen LogP contribution < -0.4 is 4.74 Å². The molecule has 4 bridgehead atoms. The third kappa shape index (κ3) is 3.80. The molecule has 1 aliphatic heterocycles. The van der Waals surface area contributed by atoms with Crippen LogP contribution in [0.25, 0.3) is 0 Å². The first-order valence-electron chi connectivity index (χ1n) is 12.9. The second kappa shape index (κ2) is 8.21. The topological polar surface area (TPSA) is 76.1 Å². The number of hydrogen-bond acceptors (Lipinski definition) is 4. The van der Waals surface area contributed by atoms with E-state index in [1.54, 1.807) is 6.07 Å². The van der Waals surface area contributed by atoms with Crippen molar-refractivity contribution in [1.82, 2.24) is 4.90 Å². The van der Waals surface area contributed by atoms with Gasteiger partial charge in [-0.3, -0.25) is 4.79 Å². The SMILES string of the molecule is COC1CCN(C(=O)c2cc(C3CC3)c(OCC34CC5CC(CC(C5)C3)C4)cc2F)C1C(=O)O. The van der Waals surface area contributed by atoms with Crippen molar-refractivity contribution in [2.45, 2.75) is 75.9 Å². The molecule has 6 fully saturated rings. The van der Waals surface area contributed by atoms with E-state index < -0.39 is 29.8 Å². The minimum absolute atomic E-state index is 0.0629. The lowest BCUT2D eigenvalue weighted by atomic mass is 9.50. The Hall–Kier alpha value is -2.15. The quantitative estimate of drug-likeness (QED) is 0.628. The Morgan fingerprint density at radius 1 is 1.09 bits per heavy atom. The average molecular weight is 472 g/mol. The van der Waals surface area contributed by atoms with Crippen molar-refractivity contribution >= 4 is 11.9 Å². The number of rotatable bonds is 7. The molecule has 2 unspecified atom stereocenters. The highest BCUT2D eigenvalue weighted by atomic mass is 19.1. The fraction of sp³-hybridized carbons (Fsp3) is 0.704. The smallest absolute Gasteiger partial charge is 0.329 e. The van der Waals surface area contributed by atoms with Crippen LogP contribution in [0.4, 0.5) is 4.39 Å². The van der Waals surface area contributed by atoms with E-state index in [1.165, 1.54) is 56.6 Å². The van der Waals surface area contributed by atoms with Gasteiger partial charge in [-0.15, -0.1) is 0 Å². The standard InChI is InChI=1S/C27H34FNO5/c1-33-22-4-5-29(24(22)26(31)32)25(30)20-9-19(18-2-3-18)23(10-21(20)28)34-14-27-11-15-6-16(12-27)8-17(7-15)13-27/h9-10,15-18,22,24H,2-8,11-14H2,1H3,(H,31,32). The van der Waals surface area contributed by atoms with Gasteiger partial charge in [0.25, 0.3) is 5.91 Å². The van der Waals surface area contributed by atoms with E-state index in [4.69, 9.17) is 9.47 Å². The van der Waals surface area contributed by atoms with Gasteiger partial charge in [0.2, 0.25) is 0 Å². The molecule has 0 spiro atoms. The fourth-order valence-corrected chi connectivity index (χ4v) is 7.96. The molecular formula is C27H34FNO5. The zero-order chi connectivity index (χ0) is 23.6. The molecule has 5 saturated carbocycles. The lowest BCUT2D eigenvalue weighted by Gasteiger charge is -2.56. The number of methoxy groups -OCH3 is 1. The summed E-state index contributed by atoms with van der Waals surface area (Å²) < 4.78 is 26.9. The van der Waals surface area contributed by atoms with Crippen LogP contribution in [0.1, 0.15) is 79.6 Å². The summed E-state index contributed by atoms with van der Waals surface area (Å²) in [5, 5.41) is 9.65. The number of carboxylic acid groups (broad SMARTS) is 1. The van der Waals surface area contributed by atoms with Gasteiger partial charge in [-0.1, -0.05) is 0 Å². The summed E-state index contributed by atoms with van der Waals surface area (Å²) in [7, 11) is 1.44. The highest BCUT2D eigenvalue weighted by Crippen LogP contribution is 2.60. The molecule has 7 rings (SSSR count). The maximum atomic E-state index is 15.3. The monoisotopic (exact) mass is 471 g/mol. The first kappa shape index (κ1) is 22.3. The molecule has 0 radical (unpaired) electrons. The van der Waals surface area contributed by atoms with Crippen LogP contribution in [0.2, 0.25) is 0 Å². The van der Waals surface area contributed by atoms with Crippen molar-refractivity contribution in [3.63, 3.8) is 0 Å². The second-order valence-corrected chi connectivity index (χ2v) is 11.7. The van der Waals surface area contributed by atoms with Crippen molar-refractivity contribution in [1.29, 1.82) is 0 Å².